The number of carbonyl (C=O) groups excluding carboxylic acids is 1. The summed E-state index contributed by atoms with van der Waals surface area (Å²) in [7, 11) is 0. The van der Waals surface area contributed by atoms with Gasteiger partial charge in [-0.1, -0.05) is 24.6 Å². The second kappa shape index (κ2) is 9.42. The Bertz CT molecular complexity index is 477. The van der Waals surface area contributed by atoms with Crippen molar-refractivity contribution in [1.29, 1.82) is 0 Å². The van der Waals surface area contributed by atoms with Crippen LogP contribution in [0.1, 0.15) is 25.8 Å². The zero-order valence-electron chi connectivity index (χ0n) is 12.6. The molecule has 116 valence electrons. The second-order valence-corrected chi connectivity index (χ2v) is 5.16. The van der Waals surface area contributed by atoms with E-state index in [2.05, 4.69) is 24.1 Å². The van der Waals surface area contributed by atoms with Crippen LogP contribution >= 0.6 is 11.6 Å². The maximum absolute atomic E-state index is 11.8. The smallest absolute Gasteiger partial charge is 0.261 e. The van der Waals surface area contributed by atoms with E-state index in [1.165, 1.54) is 0 Å². The lowest BCUT2D eigenvalue weighted by Crippen LogP contribution is -2.36. The zero-order valence-corrected chi connectivity index (χ0v) is 13.4. The fourth-order valence-electron chi connectivity index (χ4n) is 1.76. The van der Waals surface area contributed by atoms with Crippen molar-refractivity contribution in [2.45, 2.75) is 32.9 Å². The van der Waals surface area contributed by atoms with Gasteiger partial charge in [-0.05, 0) is 38.1 Å². The number of nitrogens with one attached hydrogen (secondary N) is 2. The van der Waals surface area contributed by atoms with Crippen LogP contribution in [0, 0.1) is 0 Å². The van der Waals surface area contributed by atoms with Crippen molar-refractivity contribution in [2.75, 3.05) is 13.1 Å². The summed E-state index contributed by atoms with van der Waals surface area (Å²) in [4.78, 5) is 11.8. The van der Waals surface area contributed by atoms with Gasteiger partial charge in [0.25, 0.3) is 5.91 Å². The Labute approximate surface area is 131 Å². The van der Waals surface area contributed by atoms with E-state index >= 15 is 0 Å². The molecule has 0 heterocycles. The second-order valence-electron chi connectivity index (χ2n) is 4.72. The molecule has 2 N–H and O–H groups in total. The third kappa shape index (κ3) is 6.19. The lowest BCUT2D eigenvalue weighted by Gasteiger charge is -2.17. The molecule has 0 saturated heterocycles. The first-order valence-electron chi connectivity index (χ1n) is 7.12. The van der Waals surface area contributed by atoms with Gasteiger partial charge >= 0.3 is 0 Å². The molecule has 1 aromatic rings. The highest BCUT2D eigenvalue weighted by atomic mass is 35.5. The first-order valence-corrected chi connectivity index (χ1v) is 7.50. The summed E-state index contributed by atoms with van der Waals surface area (Å²) in [5.41, 5.74) is 0.944. The highest BCUT2D eigenvalue weighted by molar-refractivity contribution is 6.30. The number of amides is 1. The first kappa shape index (κ1) is 17.5. The van der Waals surface area contributed by atoms with Crippen LogP contribution in [0.2, 0.25) is 5.02 Å². The first-order chi connectivity index (χ1) is 10.1. The molecule has 5 heteroatoms. The van der Waals surface area contributed by atoms with Gasteiger partial charge in [0, 0.05) is 23.7 Å². The molecular formula is C16H23ClN2O2. The average Bonchev–Trinajstić information content (AvgIpc) is 2.47. The van der Waals surface area contributed by atoms with E-state index in [0.717, 1.165) is 18.5 Å². The van der Waals surface area contributed by atoms with Crippen LogP contribution in [0.3, 0.4) is 0 Å². The largest absolute Gasteiger partial charge is 0.481 e. The van der Waals surface area contributed by atoms with Gasteiger partial charge in [-0.2, -0.15) is 0 Å². The number of hydrogen-bond acceptors (Lipinski definition) is 3. The normalized spacial score (nSPS) is 11.8. The molecule has 0 saturated carbocycles. The lowest BCUT2D eigenvalue weighted by atomic mass is 10.2. The van der Waals surface area contributed by atoms with Gasteiger partial charge in [-0.15, -0.1) is 6.58 Å². The van der Waals surface area contributed by atoms with Crippen LogP contribution < -0.4 is 15.4 Å². The monoisotopic (exact) mass is 310 g/mol. The summed E-state index contributed by atoms with van der Waals surface area (Å²) in [5, 5.41) is 6.67. The third-order valence-corrected chi connectivity index (χ3v) is 3.09. The minimum absolute atomic E-state index is 0.169. The summed E-state index contributed by atoms with van der Waals surface area (Å²) >= 11 is 6.02. The lowest BCUT2D eigenvalue weighted by molar-refractivity contribution is -0.127. The fraction of sp³-hybridized carbons (Fsp3) is 0.438. The molecule has 1 unspecified atom stereocenters. The summed E-state index contributed by atoms with van der Waals surface area (Å²) in [6.45, 7) is 9.39. The molecule has 1 rings (SSSR count). The molecule has 0 spiro atoms. The minimum Gasteiger partial charge on any atom is -0.481 e. The van der Waals surface area contributed by atoms with Crippen molar-refractivity contribution in [3.8, 4) is 5.75 Å². The quantitative estimate of drug-likeness (QED) is 0.544. The van der Waals surface area contributed by atoms with E-state index in [9.17, 15) is 4.79 Å². The Morgan fingerprint density at radius 2 is 2.29 bits per heavy atom. The van der Waals surface area contributed by atoms with Gasteiger partial charge in [-0.25, -0.2) is 0 Å². The van der Waals surface area contributed by atoms with E-state index in [1.54, 1.807) is 25.1 Å². The molecule has 0 fully saturated rings. The van der Waals surface area contributed by atoms with Crippen molar-refractivity contribution < 1.29 is 9.53 Å². The maximum Gasteiger partial charge on any atom is 0.261 e. The van der Waals surface area contributed by atoms with Gasteiger partial charge in [0.05, 0.1) is 0 Å². The topological polar surface area (TPSA) is 50.4 Å². The summed E-state index contributed by atoms with van der Waals surface area (Å²) < 4.78 is 5.75. The number of halogens is 1. The molecular weight excluding hydrogens is 288 g/mol. The Morgan fingerprint density at radius 1 is 1.52 bits per heavy atom. The van der Waals surface area contributed by atoms with Crippen LogP contribution in [-0.4, -0.2) is 25.1 Å². The van der Waals surface area contributed by atoms with Crippen molar-refractivity contribution in [3.63, 3.8) is 0 Å². The molecule has 0 aromatic heterocycles. The number of hydrogen-bond donors (Lipinski definition) is 2. The van der Waals surface area contributed by atoms with Crippen LogP contribution in [0.5, 0.6) is 5.75 Å². The van der Waals surface area contributed by atoms with Crippen molar-refractivity contribution >= 4 is 17.5 Å². The van der Waals surface area contributed by atoms with Gasteiger partial charge in [0.15, 0.2) is 6.10 Å². The van der Waals surface area contributed by atoms with Crippen LogP contribution in [0.4, 0.5) is 0 Å². The van der Waals surface area contributed by atoms with E-state index in [0.29, 0.717) is 23.9 Å². The van der Waals surface area contributed by atoms with E-state index in [4.69, 9.17) is 16.3 Å². The van der Waals surface area contributed by atoms with Gasteiger partial charge in [-0.3, -0.25) is 4.79 Å². The maximum atomic E-state index is 11.8. The van der Waals surface area contributed by atoms with Crippen LogP contribution in [0.15, 0.2) is 30.9 Å². The fourth-order valence-corrected chi connectivity index (χ4v) is 1.96. The molecule has 4 nitrogen and oxygen atoms in total. The summed E-state index contributed by atoms with van der Waals surface area (Å²) in [6.07, 6.45) is 2.11. The molecule has 21 heavy (non-hydrogen) atoms. The molecule has 1 atom stereocenters. The summed E-state index contributed by atoms with van der Waals surface area (Å²) in [6, 6.07) is 5.41. The SMILES string of the molecule is C=CCNC(=O)C(C)Oc1ccc(Cl)cc1CNCCC. The zero-order chi connectivity index (χ0) is 15.7. The minimum atomic E-state index is -0.573. The van der Waals surface area contributed by atoms with Crippen LogP contribution in [0.25, 0.3) is 0 Å². The Balaban J connectivity index is 2.72. The Morgan fingerprint density at radius 3 is 2.95 bits per heavy atom. The van der Waals surface area contributed by atoms with E-state index in [-0.39, 0.29) is 5.91 Å². The number of benzene rings is 1. The predicted octanol–water partition coefficient (Wildman–Crippen LogP) is 2.91. The molecule has 1 aromatic carbocycles. The Hall–Kier alpha value is -1.52. The number of rotatable bonds is 9. The highest BCUT2D eigenvalue weighted by Gasteiger charge is 2.15. The standard InChI is InChI=1S/C16H23ClN2O2/c1-4-8-18-11-13-10-14(17)6-7-15(13)21-12(3)16(20)19-9-5-2/h5-7,10,12,18H,2,4,8-9,11H2,1,3H3,(H,19,20). The van der Waals surface area contributed by atoms with E-state index < -0.39 is 6.10 Å². The molecule has 0 aliphatic carbocycles. The van der Waals surface area contributed by atoms with Crippen molar-refractivity contribution in [3.05, 3.63) is 41.4 Å². The molecule has 0 radical (unpaired) electrons. The van der Waals surface area contributed by atoms with E-state index in [1.807, 2.05) is 6.07 Å². The number of carbonyl (C=O) groups is 1. The van der Waals surface area contributed by atoms with Crippen molar-refractivity contribution in [1.82, 2.24) is 10.6 Å². The summed E-state index contributed by atoms with van der Waals surface area (Å²) in [5.74, 6) is 0.501. The van der Waals surface area contributed by atoms with Gasteiger partial charge in [0.2, 0.25) is 0 Å². The van der Waals surface area contributed by atoms with Crippen molar-refractivity contribution in [2.24, 2.45) is 0 Å². The van der Waals surface area contributed by atoms with Gasteiger partial charge in [0.1, 0.15) is 5.75 Å². The van der Waals surface area contributed by atoms with Gasteiger partial charge < -0.3 is 15.4 Å². The average molecular weight is 311 g/mol. The Kier molecular flexibility index (Phi) is 7.87. The molecule has 0 aliphatic heterocycles. The highest BCUT2D eigenvalue weighted by Crippen LogP contribution is 2.24. The molecule has 0 bridgehead atoms. The molecule has 0 aliphatic rings. The third-order valence-electron chi connectivity index (χ3n) is 2.86. The molecule has 1 amide bonds. The van der Waals surface area contributed by atoms with Crippen LogP contribution in [-0.2, 0) is 11.3 Å². The predicted molar refractivity (Wildman–Crippen MR) is 86.7 cm³/mol. The number of ether oxygens (including phenoxy) is 1.